The molecule has 0 saturated carbocycles. The van der Waals surface area contributed by atoms with Gasteiger partial charge in [-0.25, -0.2) is 4.39 Å². The molecule has 124 valence electrons. The van der Waals surface area contributed by atoms with E-state index in [1.54, 1.807) is 0 Å². The van der Waals surface area contributed by atoms with Crippen LogP contribution in [-0.2, 0) is 0 Å². The lowest BCUT2D eigenvalue weighted by Gasteiger charge is -2.22. The Hall–Kier alpha value is -2.53. The maximum Gasteiger partial charge on any atom is 0.231 e. The molecule has 24 heavy (non-hydrogen) atoms. The SMILES string of the molecule is Fc1ccc(C2=C(COc3ccc4c(c3)OCO4)CNCC2)cc1. The molecule has 0 amide bonds. The monoisotopic (exact) mass is 327 g/mol. The van der Waals surface area contributed by atoms with Crippen LogP contribution in [0.15, 0.2) is 48.0 Å². The number of rotatable bonds is 4. The average molecular weight is 327 g/mol. The second-order valence-electron chi connectivity index (χ2n) is 5.82. The van der Waals surface area contributed by atoms with Crippen molar-refractivity contribution < 1.29 is 18.6 Å². The standard InChI is InChI=1S/C19H18FNO3/c20-15-3-1-13(2-4-15)17-7-8-21-10-14(17)11-22-16-5-6-18-19(9-16)24-12-23-18/h1-6,9,21H,7-8,10-12H2. The van der Waals surface area contributed by atoms with E-state index in [2.05, 4.69) is 5.32 Å². The van der Waals surface area contributed by atoms with Gasteiger partial charge in [-0.3, -0.25) is 0 Å². The fourth-order valence-electron chi connectivity index (χ4n) is 3.01. The molecule has 2 aliphatic heterocycles. The minimum Gasteiger partial charge on any atom is -0.489 e. The van der Waals surface area contributed by atoms with Crippen LogP contribution in [-0.4, -0.2) is 26.5 Å². The molecular formula is C19H18FNO3. The van der Waals surface area contributed by atoms with Gasteiger partial charge in [0.05, 0.1) is 0 Å². The molecule has 4 nitrogen and oxygen atoms in total. The highest BCUT2D eigenvalue weighted by atomic mass is 19.1. The van der Waals surface area contributed by atoms with Crippen molar-refractivity contribution in [2.75, 3.05) is 26.5 Å². The van der Waals surface area contributed by atoms with Crippen LogP contribution in [0.1, 0.15) is 12.0 Å². The molecule has 0 aromatic heterocycles. The Morgan fingerprint density at radius 2 is 1.88 bits per heavy atom. The zero-order valence-electron chi connectivity index (χ0n) is 13.2. The number of benzene rings is 2. The van der Waals surface area contributed by atoms with Crippen LogP contribution < -0.4 is 19.5 Å². The summed E-state index contributed by atoms with van der Waals surface area (Å²) in [5.41, 5.74) is 3.47. The summed E-state index contributed by atoms with van der Waals surface area (Å²) in [6, 6.07) is 12.2. The number of fused-ring (bicyclic) bond motifs is 1. The quantitative estimate of drug-likeness (QED) is 0.934. The van der Waals surface area contributed by atoms with Gasteiger partial charge in [-0.05, 0) is 53.9 Å². The van der Waals surface area contributed by atoms with Gasteiger partial charge in [-0.15, -0.1) is 0 Å². The second-order valence-corrected chi connectivity index (χ2v) is 5.82. The van der Waals surface area contributed by atoms with Crippen molar-refractivity contribution in [3.8, 4) is 17.2 Å². The van der Waals surface area contributed by atoms with Crippen LogP contribution in [0.3, 0.4) is 0 Å². The molecule has 0 atom stereocenters. The molecule has 0 fully saturated rings. The number of ether oxygens (including phenoxy) is 3. The summed E-state index contributed by atoms with van der Waals surface area (Å²) in [7, 11) is 0. The van der Waals surface area contributed by atoms with Crippen LogP contribution in [0.25, 0.3) is 5.57 Å². The summed E-state index contributed by atoms with van der Waals surface area (Å²) in [5.74, 6) is 1.98. The molecule has 1 N–H and O–H groups in total. The lowest BCUT2D eigenvalue weighted by molar-refractivity contribution is 0.174. The Balaban J connectivity index is 1.53. The first-order valence-electron chi connectivity index (χ1n) is 7.99. The smallest absolute Gasteiger partial charge is 0.231 e. The van der Waals surface area contributed by atoms with Crippen LogP contribution in [0.4, 0.5) is 4.39 Å². The summed E-state index contributed by atoms with van der Waals surface area (Å²) in [6.07, 6.45) is 0.908. The van der Waals surface area contributed by atoms with Crippen LogP contribution in [0.2, 0.25) is 0 Å². The molecule has 0 aliphatic carbocycles. The van der Waals surface area contributed by atoms with Gasteiger partial charge in [0, 0.05) is 12.6 Å². The van der Waals surface area contributed by atoms with Crippen molar-refractivity contribution in [2.45, 2.75) is 6.42 Å². The van der Waals surface area contributed by atoms with Gasteiger partial charge < -0.3 is 19.5 Å². The largest absolute Gasteiger partial charge is 0.489 e. The van der Waals surface area contributed by atoms with Gasteiger partial charge in [0.25, 0.3) is 0 Å². The molecule has 2 aliphatic rings. The molecule has 2 heterocycles. The predicted molar refractivity (Wildman–Crippen MR) is 88.9 cm³/mol. The van der Waals surface area contributed by atoms with Crippen molar-refractivity contribution >= 4 is 5.57 Å². The van der Waals surface area contributed by atoms with Crippen molar-refractivity contribution in [3.05, 3.63) is 59.4 Å². The predicted octanol–water partition coefficient (Wildman–Crippen LogP) is 3.38. The molecule has 0 unspecified atom stereocenters. The van der Waals surface area contributed by atoms with E-state index in [4.69, 9.17) is 14.2 Å². The summed E-state index contributed by atoms with van der Waals surface area (Å²) in [4.78, 5) is 0. The third-order valence-corrected chi connectivity index (χ3v) is 4.27. The Morgan fingerprint density at radius 3 is 2.75 bits per heavy atom. The van der Waals surface area contributed by atoms with Crippen LogP contribution in [0.5, 0.6) is 17.2 Å². The zero-order valence-corrected chi connectivity index (χ0v) is 13.2. The van der Waals surface area contributed by atoms with Gasteiger partial charge >= 0.3 is 0 Å². The highest BCUT2D eigenvalue weighted by molar-refractivity contribution is 5.70. The van der Waals surface area contributed by atoms with E-state index in [1.807, 2.05) is 30.3 Å². The highest BCUT2D eigenvalue weighted by Crippen LogP contribution is 2.35. The lowest BCUT2D eigenvalue weighted by atomic mass is 9.94. The first-order chi connectivity index (χ1) is 11.8. The van der Waals surface area contributed by atoms with E-state index in [0.717, 1.165) is 36.6 Å². The van der Waals surface area contributed by atoms with Crippen molar-refractivity contribution in [1.82, 2.24) is 5.32 Å². The topological polar surface area (TPSA) is 39.7 Å². The van der Waals surface area contributed by atoms with Crippen LogP contribution >= 0.6 is 0 Å². The van der Waals surface area contributed by atoms with E-state index in [-0.39, 0.29) is 12.6 Å². The van der Waals surface area contributed by atoms with Gasteiger partial charge in [0.2, 0.25) is 6.79 Å². The molecular weight excluding hydrogens is 309 g/mol. The minimum absolute atomic E-state index is 0.216. The Morgan fingerprint density at radius 1 is 1.04 bits per heavy atom. The third-order valence-electron chi connectivity index (χ3n) is 4.27. The first-order valence-corrected chi connectivity index (χ1v) is 7.99. The van der Waals surface area contributed by atoms with Crippen molar-refractivity contribution in [2.24, 2.45) is 0 Å². The molecule has 0 bridgehead atoms. The maximum absolute atomic E-state index is 13.2. The second kappa shape index (κ2) is 6.53. The van der Waals surface area contributed by atoms with Crippen molar-refractivity contribution in [3.63, 3.8) is 0 Å². The molecule has 2 aromatic rings. The van der Waals surface area contributed by atoms with Gasteiger partial charge in [-0.1, -0.05) is 12.1 Å². The molecule has 0 radical (unpaired) electrons. The first kappa shape index (κ1) is 15.0. The zero-order chi connectivity index (χ0) is 16.4. The molecule has 5 heteroatoms. The highest BCUT2D eigenvalue weighted by Gasteiger charge is 2.17. The number of hydrogen-bond donors (Lipinski definition) is 1. The Bertz CT molecular complexity index is 771. The molecule has 2 aromatic carbocycles. The van der Waals surface area contributed by atoms with E-state index < -0.39 is 0 Å². The van der Waals surface area contributed by atoms with E-state index >= 15 is 0 Å². The lowest BCUT2D eigenvalue weighted by Crippen LogP contribution is -2.27. The van der Waals surface area contributed by atoms with Gasteiger partial charge in [0.15, 0.2) is 11.5 Å². The number of hydrogen-bond acceptors (Lipinski definition) is 4. The number of halogens is 1. The average Bonchev–Trinajstić information content (AvgIpc) is 3.09. The summed E-state index contributed by atoms with van der Waals surface area (Å²) in [6.45, 7) is 2.43. The van der Waals surface area contributed by atoms with Crippen molar-refractivity contribution in [1.29, 1.82) is 0 Å². The van der Waals surface area contributed by atoms with E-state index in [1.165, 1.54) is 23.3 Å². The normalized spacial score (nSPS) is 16.4. The van der Waals surface area contributed by atoms with Gasteiger partial charge in [0.1, 0.15) is 18.2 Å². The minimum atomic E-state index is -0.216. The fraction of sp³-hybridized carbons (Fsp3) is 0.263. The third kappa shape index (κ3) is 3.08. The van der Waals surface area contributed by atoms with E-state index in [0.29, 0.717) is 12.4 Å². The molecule has 0 saturated heterocycles. The summed E-state index contributed by atoms with van der Waals surface area (Å²) >= 11 is 0. The number of nitrogens with one attached hydrogen (secondary N) is 1. The Labute approximate surface area is 139 Å². The van der Waals surface area contributed by atoms with E-state index in [9.17, 15) is 4.39 Å². The molecule has 0 spiro atoms. The maximum atomic E-state index is 13.2. The van der Waals surface area contributed by atoms with Crippen LogP contribution in [0, 0.1) is 5.82 Å². The summed E-state index contributed by atoms with van der Waals surface area (Å²) < 4.78 is 29.8. The van der Waals surface area contributed by atoms with Gasteiger partial charge in [-0.2, -0.15) is 0 Å². The molecule has 4 rings (SSSR count). The fourth-order valence-corrected chi connectivity index (χ4v) is 3.01. The summed E-state index contributed by atoms with van der Waals surface area (Å²) in [5, 5.41) is 3.37. The Kier molecular flexibility index (Phi) is 4.09.